The summed E-state index contributed by atoms with van der Waals surface area (Å²) in [5, 5.41) is 8.17. The number of rotatable bonds is 1. The van der Waals surface area contributed by atoms with E-state index in [9.17, 15) is 0 Å². The van der Waals surface area contributed by atoms with E-state index in [1.165, 1.54) is 0 Å². The molecule has 0 N–H and O–H groups in total. The summed E-state index contributed by atoms with van der Waals surface area (Å²) in [6.07, 6.45) is 1.54. The molecule has 0 spiro atoms. The highest BCUT2D eigenvalue weighted by Crippen LogP contribution is 2.40. The van der Waals surface area contributed by atoms with Crippen molar-refractivity contribution in [2.24, 2.45) is 0 Å². The van der Waals surface area contributed by atoms with Crippen LogP contribution in [0.5, 0.6) is 0 Å². The van der Waals surface area contributed by atoms with E-state index in [-0.39, 0.29) is 5.92 Å². The van der Waals surface area contributed by atoms with Crippen LogP contribution < -0.4 is 0 Å². The van der Waals surface area contributed by atoms with Crippen molar-refractivity contribution in [3.05, 3.63) is 68.4 Å². The summed E-state index contributed by atoms with van der Waals surface area (Å²) in [6, 6.07) is 11.3. The number of hydrogen-bond acceptors (Lipinski definition) is 3. The van der Waals surface area contributed by atoms with Gasteiger partial charge >= 0.3 is 0 Å². The molecule has 0 saturated heterocycles. The molecule has 0 radical (unpaired) electrons. The lowest BCUT2D eigenvalue weighted by Crippen LogP contribution is -2.14. The first-order valence-corrected chi connectivity index (χ1v) is 9.05. The highest BCUT2D eigenvalue weighted by molar-refractivity contribution is 6.35. The Morgan fingerprint density at radius 3 is 2.52 bits per heavy atom. The Morgan fingerprint density at radius 2 is 1.68 bits per heavy atom. The number of hydrogen-bond donors (Lipinski definition) is 0. The predicted octanol–water partition coefficient (Wildman–Crippen LogP) is 6.22. The molecule has 6 heteroatoms. The molecule has 3 nitrogen and oxygen atoms in total. The molecular weight excluding hydrogens is 379 g/mol. The highest BCUT2D eigenvalue weighted by Gasteiger charge is 2.29. The van der Waals surface area contributed by atoms with Gasteiger partial charge < -0.3 is 4.52 Å². The largest absolute Gasteiger partial charge is 0.355 e. The monoisotopic (exact) mass is 388 g/mol. The lowest BCUT2D eigenvalue weighted by atomic mass is 9.84. The second-order valence-electron chi connectivity index (χ2n) is 6.32. The van der Waals surface area contributed by atoms with Gasteiger partial charge in [0, 0.05) is 26.9 Å². The van der Waals surface area contributed by atoms with Gasteiger partial charge in [0.25, 0.3) is 0 Å². The fourth-order valence-corrected chi connectivity index (χ4v) is 4.41. The van der Waals surface area contributed by atoms with Crippen LogP contribution in [0.2, 0.25) is 15.1 Å². The molecule has 1 unspecified atom stereocenters. The van der Waals surface area contributed by atoms with Crippen LogP contribution in [-0.4, -0.2) is 10.1 Å². The average molecular weight is 390 g/mol. The lowest BCUT2D eigenvalue weighted by molar-refractivity contribution is 0.444. The third kappa shape index (κ3) is 2.42. The quantitative estimate of drug-likeness (QED) is 0.388. The van der Waals surface area contributed by atoms with Crippen molar-refractivity contribution in [1.82, 2.24) is 10.1 Å². The third-order valence-corrected chi connectivity index (χ3v) is 5.59. The van der Waals surface area contributed by atoms with E-state index in [4.69, 9.17) is 44.3 Å². The maximum absolute atomic E-state index is 6.42. The van der Waals surface area contributed by atoms with Gasteiger partial charge in [-0.15, -0.1) is 0 Å². The van der Waals surface area contributed by atoms with E-state index in [1.54, 1.807) is 6.07 Å². The number of aromatic nitrogens is 2. The summed E-state index contributed by atoms with van der Waals surface area (Å²) in [5.74, 6) is 0.197. The van der Waals surface area contributed by atoms with E-state index in [0.717, 1.165) is 51.7 Å². The molecule has 1 aliphatic carbocycles. The van der Waals surface area contributed by atoms with Crippen LogP contribution in [-0.2, 0) is 12.8 Å². The van der Waals surface area contributed by atoms with Crippen LogP contribution in [0.3, 0.4) is 0 Å². The molecule has 0 aliphatic heterocycles. The van der Waals surface area contributed by atoms with Gasteiger partial charge in [-0.3, -0.25) is 4.98 Å². The van der Waals surface area contributed by atoms with Gasteiger partial charge in [-0.25, -0.2) is 0 Å². The molecule has 25 heavy (non-hydrogen) atoms. The number of halogens is 3. The Morgan fingerprint density at radius 1 is 0.920 bits per heavy atom. The minimum atomic E-state index is 0.197. The molecule has 4 aromatic rings. The number of pyridine rings is 1. The average Bonchev–Trinajstić information content (AvgIpc) is 3.01. The van der Waals surface area contributed by atoms with E-state index >= 15 is 0 Å². The first-order chi connectivity index (χ1) is 12.1. The topological polar surface area (TPSA) is 38.9 Å². The number of nitrogens with zero attached hydrogens (tertiary/aromatic N) is 2. The molecule has 2 heterocycles. The molecule has 0 amide bonds. The molecule has 2 aromatic heterocycles. The van der Waals surface area contributed by atoms with Crippen molar-refractivity contribution in [2.45, 2.75) is 18.8 Å². The summed E-state index contributed by atoms with van der Waals surface area (Å²) in [6.45, 7) is 0. The normalized spacial score (nSPS) is 16.7. The minimum Gasteiger partial charge on any atom is -0.355 e. The fraction of sp³-hybridized carbons (Fsp3) is 0.158. The Kier molecular flexibility index (Phi) is 3.46. The van der Waals surface area contributed by atoms with Crippen LogP contribution in [0.1, 0.15) is 22.9 Å². The molecule has 0 bridgehead atoms. The number of fused-ring (bicyclic) bond motifs is 2. The van der Waals surface area contributed by atoms with Gasteiger partial charge in [0.1, 0.15) is 0 Å². The minimum absolute atomic E-state index is 0.197. The number of benzene rings is 2. The van der Waals surface area contributed by atoms with Crippen LogP contribution in [0, 0.1) is 0 Å². The molecular formula is C19H11Cl3N2O. The molecule has 0 saturated carbocycles. The molecule has 124 valence electrons. The Hall–Kier alpha value is -1.81. The van der Waals surface area contributed by atoms with E-state index in [1.807, 2.05) is 30.3 Å². The smallest absolute Gasteiger partial charge is 0.178 e. The van der Waals surface area contributed by atoms with Crippen molar-refractivity contribution in [2.75, 3.05) is 0 Å². The van der Waals surface area contributed by atoms with Crippen molar-refractivity contribution in [1.29, 1.82) is 0 Å². The van der Waals surface area contributed by atoms with Crippen LogP contribution in [0.15, 0.2) is 40.9 Å². The predicted molar refractivity (Wildman–Crippen MR) is 101 cm³/mol. The Labute approximate surface area is 158 Å². The zero-order valence-electron chi connectivity index (χ0n) is 12.9. The second kappa shape index (κ2) is 5.60. The molecule has 1 aliphatic rings. The summed E-state index contributed by atoms with van der Waals surface area (Å²) in [4.78, 5) is 4.84. The molecule has 2 aromatic carbocycles. The van der Waals surface area contributed by atoms with Crippen molar-refractivity contribution in [3.8, 4) is 0 Å². The van der Waals surface area contributed by atoms with Crippen LogP contribution in [0.25, 0.3) is 21.9 Å². The summed E-state index contributed by atoms with van der Waals surface area (Å²) < 4.78 is 5.66. The highest BCUT2D eigenvalue weighted by atomic mass is 35.5. The van der Waals surface area contributed by atoms with Gasteiger partial charge in [-0.2, -0.15) is 0 Å². The van der Waals surface area contributed by atoms with E-state index in [0.29, 0.717) is 15.1 Å². The molecule has 5 rings (SSSR count). The van der Waals surface area contributed by atoms with Gasteiger partial charge in [0.2, 0.25) is 0 Å². The zero-order chi connectivity index (χ0) is 17.1. The van der Waals surface area contributed by atoms with Crippen LogP contribution >= 0.6 is 34.8 Å². The molecule has 1 atom stereocenters. The maximum atomic E-state index is 6.42. The van der Waals surface area contributed by atoms with Gasteiger partial charge in [-0.05, 0) is 48.2 Å². The van der Waals surface area contributed by atoms with Crippen LogP contribution in [0.4, 0.5) is 0 Å². The Balaban J connectivity index is 1.69. The maximum Gasteiger partial charge on any atom is 0.178 e. The zero-order valence-corrected chi connectivity index (χ0v) is 15.2. The lowest BCUT2D eigenvalue weighted by Gasteiger charge is -2.22. The van der Waals surface area contributed by atoms with Gasteiger partial charge in [-0.1, -0.05) is 46.0 Å². The van der Waals surface area contributed by atoms with E-state index < -0.39 is 0 Å². The standard InChI is InChI=1S/C19H11Cl3N2O/c20-10-2-4-15-13(7-10)19-18-16(23-15)5-9(6-17(18)24-25-19)12-3-1-11(21)8-14(12)22/h1-4,7-9H,5-6H2. The first-order valence-electron chi connectivity index (χ1n) is 7.91. The molecule has 0 fully saturated rings. The Bertz CT molecular complexity index is 1150. The van der Waals surface area contributed by atoms with Gasteiger partial charge in [0.15, 0.2) is 5.58 Å². The third-order valence-electron chi connectivity index (χ3n) is 4.79. The van der Waals surface area contributed by atoms with Crippen molar-refractivity contribution >= 4 is 56.7 Å². The van der Waals surface area contributed by atoms with Crippen molar-refractivity contribution < 1.29 is 4.52 Å². The van der Waals surface area contributed by atoms with E-state index in [2.05, 4.69) is 5.16 Å². The first kappa shape index (κ1) is 15.4. The second-order valence-corrected chi connectivity index (χ2v) is 7.60. The summed E-state index contributed by atoms with van der Waals surface area (Å²) in [5.41, 5.74) is 4.59. The fourth-order valence-electron chi connectivity index (χ4n) is 3.67. The van der Waals surface area contributed by atoms with Gasteiger partial charge in [0.05, 0.1) is 22.3 Å². The van der Waals surface area contributed by atoms with Crippen molar-refractivity contribution in [3.63, 3.8) is 0 Å². The summed E-state index contributed by atoms with van der Waals surface area (Å²) in [7, 11) is 0. The SMILES string of the molecule is Clc1ccc(C2Cc3noc4c3c(nc3ccc(Cl)cc34)C2)c(Cl)c1. The summed E-state index contributed by atoms with van der Waals surface area (Å²) >= 11 is 18.6.